The van der Waals surface area contributed by atoms with Crippen LogP contribution >= 0.6 is 23.2 Å². The second-order valence-electron chi connectivity index (χ2n) is 9.97. The Morgan fingerprint density at radius 3 is 2.44 bits per heavy atom. The van der Waals surface area contributed by atoms with Crippen LogP contribution in [0.5, 0.6) is 0 Å². The molecule has 2 aliphatic rings. The van der Waals surface area contributed by atoms with E-state index in [2.05, 4.69) is 36.1 Å². The van der Waals surface area contributed by atoms with Gasteiger partial charge in [-0.3, -0.25) is 9.59 Å². The topological polar surface area (TPSA) is 69.9 Å². The zero-order valence-electron chi connectivity index (χ0n) is 21.0. The van der Waals surface area contributed by atoms with Crippen LogP contribution in [0.3, 0.4) is 0 Å². The van der Waals surface area contributed by atoms with Gasteiger partial charge in [-0.25, -0.2) is 0 Å². The Kier molecular flexibility index (Phi) is 9.15. The molecule has 0 saturated carbocycles. The first-order valence-corrected chi connectivity index (χ1v) is 13.7. The van der Waals surface area contributed by atoms with Crippen LogP contribution in [0.2, 0.25) is 10.0 Å². The van der Waals surface area contributed by atoms with Gasteiger partial charge in [-0.05, 0) is 61.1 Å². The van der Waals surface area contributed by atoms with Crippen LogP contribution in [-0.2, 0) is 22.4 Å². The number of aryl methyl sites for hydroxylation is 1. The van der Waals surface area contributed by atoms with E-state index in [1.54, 1.807) is 17.0 Å². The number of piperazine rings is 1. The standard InChI is InChI=1S/C28H36Cl2N4O2/c1-20(19-31)8-9-21-5-2-3-6-25(21)32-13-15-33(16-14-32)28(36)26(34-12-4-7-27(34)35)17-22-10-11-23(29)18-24(22)30/h2-3,5-6,10-11,18,20,26H,4,7-9,12-17,19,31H2,1H3. The maximum Gasteiger partial charge on any atom is 0.245 e. The number of halogens is 2. The summed E-state index contributed by atoms with van der Waals surface area (Å²) in [4.78, 5) is 32.4. The van der Waals surface area contributed by atoms with E-state index in [0.29, 0.717) is 55.0 Å². The van der Waals surface area contributed by atoms with Crippen LogP contribution in [0.1, 0.15) is 37.3 Å². The quantitative estimate of drug-likeness (QED) is 0.521. The van der Waals surface area contributed by atoms with Crippen molar-refractivity contribution in [2.24, 2.45) is 11.7 Å². The lowest BCUT2D eigenvalue weighted by Crippen LogP contribution is -2.56. The average molecular weight is 532 g/mol. The monoisotopic (exact) mass is 530 g/mol. The second-order valence-corrected chi connectivity index (χ2v) is 10.8. The van der Waals surface area contributed by atoms with Gasteiger partial charge in [0.05, 0.1) is 0 Å². The molecule has 2 aromatic rings. The Balaban J connectivity index is 1.45. The Morgan fingerprint density at radius 1 is 1.03 bits per heavy atom. The van der Waals surface area contributed by atoms with Crippen LogP contribution in [-0.4, -0.2) is 66.9 Å². The number of benzene rings is 2. The third-order valence-electron chi connectivity index (χ3n) is 7.43. The summed E-state index contributed by atoms with van der Waals surface area (Å²) in [6, 6.07) is 13.3. The highest BCUT2D eigenvalue weighted by molar-refractivity contribution is 6.35. The van der Waals surface area contributed by atoms with E-state index in [9.17, 15) is 9.59 Å². The van der Waals surface area contributed by atoms with Gasteiger partial charge >= 0.3 is 0 Å². The summed E-state index contributed by atoms with van der Waals surface area (Å²) in [5.74, 6) is 0.533. The second kappa shape index (κ2) is 12.3. The molecule has 0 radical (unpaired) electrons. The molecule has 2 aromatic carbocycles. The highest BCUT2D eigenvalue weighted by atomic mass is 35.5. The Hall–Kier alpha value is -2.28. The molecule has 2 unspecified atom stereocenters. The number of nitrogens with zero attached hydrogens (tertiary/aromatic N) is 3. The molecule has 0 spiro atoms. The number of amides is 2. The minimum absolute atomic E-state index is 0.000900. The highest BCUT2D eigenvalue weighted by Gasteiger charge is 2.36. The first-order valence-electron chi connectivity index (χ1n) is 12.9. The molecule has 0 aliphatic carbocycles. The van der Waals surface area contributed by atoms with Crippen molar-refractivity contribution in [2.75, 3.05) is 44.2 Å². The molecule has 0 bridgehead atoms. The number of para-hydroxylation sites is 1. The van der Waals surface area contributed by atoms with Gasteiger partial charge in [-0.1, -0.05) is 54.4 Å². The molecule has 2 N–H and O–H groups in total. The van der Waals surface area contributed by atoms with Crippen LogP contribution in [0.25, 0.3) is 0 Å². The summed E-state index contributed by atoms with van der Waals surface area (Å²) in [6.07, 6.45) is 3.72. The van der Waals surface area contributed by atoms with Gasteiger partial charge in [0.15, 0.2) is 0 Å². The van der Waals surface area contributed by atoms with Gasteiger partial charge in [0.2, 0.25) is 11.8 Å². The van der Waals surface area contributed by atoms with Gasteiger partial charge in [0.1, 0.15) is 6.04 Å². The molecule has 2 atom stereocenters. The smallest absolute Gasteiger partial charge is 0.245 e. The summed E-state index contributed by atoms with van der Waals surface area (Å²) in [7, 11) is 0. The fourth-order valence-electron chi connectivity index (χ4n) is 5.15. The lowest BCUT2D eigenvalue weighted by Gasteiger charge is -2.40. The lowest BCUT2D eigenvalue weighted by molar-refractivity contribution is -0.143. The fraction of sp³-hybridized carbons (Fsp3) is 0.500. The lowest BCUT2D eigenvalue weighted by atomic mass is 9.99. The fourth-order valence-corrected chi connectivity index (χ4v) is 5.64. The Morgan fingerprint density at radius 2 is 1.78 bits per heavy atom. The van der Waals surface area contributed by atoms with E-state index < -0.39 is 6.04 Å². The highest BCUT2D eigenvalue weighted by Crippen LogP contribution is 2.27. The van der Waals surface area contributed by atoms with Gasteiger partial charge in [-0.15, -0.1) is 0 Å². The minimum Gasteiger partial charge on any atom is -0.368 e. The predicted molar refractivity (Wildman–Crippen MR) is 147 cm³/mol. The van der Waals surface area contributed by atoms with Crippen molar-refractivity contribution in [3.63, 3.8) is 0 Å². The first-order chi connectivity index (χ1) is 17.4. The van der Waals surface area contributed by atoms with Crippen molar-refractivity contribution in [1.82, 2.24) is 9.80 Å². The molecule has 6 nitrogen and oxygen atoms in total. The van der Waals surface area contributed by atoms with E-state index in [0.717, 1.165) is 37.9 Å². The largest absolute Gasteiger partial charge is 0.368 e. The molecule has 2 fully saturated rings. The van der Waals surface area contributed by atoms with Crippen molar-refractivity contribution in [3.8, 4) is 0 Å². The molecule has 0 aromatic heterocycles. The maximum atomic E-state index is 13.8. The number of hydrogen-bond acceptors (Lipinski definition) is 4. The average Bonchev–Trinajstić information content (AvgIpc) is 3.32. The summed E-state index contributed by atoms with van der Waals surface area (Å²) in [5.41, 5.74) is 9.22. The molecular weight excluding hydrogens is 495 g/mol. The van der Waals surface area contributed by atoms with Crippen LogP contribution in [0.15, 0.2) is 42.5 Å². The molecule has 2 heterocycles. The number of hydrogen-bond donors (Lipinski definition) is 1. The summed E-state index contributed by atoms with van der Waals surface area (Å²) in [6.45, 7) is 6.26. The predicted octanol–water partition coefficient (Wildman–Crippen LogP) is 4.40. The van der Waals surface area contributed by atoms with Crippen molar-refractivity contribution in [3.05, 3.63) is 63.6 Å². The van der Waals surface area contributed by atoms with Gasteiger partial charge in [-0.2, -0.15) is 0 Å². The molecule has 36 heavy (non-hydrogen) atoms. The number of carbonyl (C=O) groups excluding carboxylic acids is 2. The molecule has 2 aliphatic heterocycles. The minimum atomic E-state index is -0.546. The van der Waals surface area contributed by atoms with E-state index in [-0.39, 0.29) is 11.8 Å². The SMILES string of the molecule is CC(CN)CCc1ccccc1N1CCN(C(=O)C(Cc2ccc(Cl)cc2Cl)N2CCCC2=O)CC1. The third-order valence-corrected chi connectivity index (χ3v) is 8.02. The third kappa shape index (κ3) is 6.34. The van der Waals surface area contributed by atoms with Gasteiger partial charge < -0.3 is 20.4 Å². The van der Waals surface area contributed by atoms with Crippen LogP contribution < -0.4 is 10.6 Å². The molecule has 194 valence electrons. The molecule has 4 rings (SSSR count). The zero-order chi connectivity index (χ0) is 25.7. The number of likely N-dealkylation sites (tertiary alicyclic amines) is 1. The maximum absolute atomic E-state index is 13.8. The molecular formula is C28H36Cl2N4O2. The van der Waals surface area contributed by atoms with E-state index in [1.165, 1.54) is 11.3 Å². The van der Waals surface area contributed by atoms with E-state index in [4.69, 9.17) is 28.9 Å². The summed E-state index contributed by atoms with van der Waals surface area (Å²) < 4.78 is 0. The molecule has 8 heteroatoms. The van der Waals surface area contributed by atoms with Crippen molar-refractivity contribution in [1.29, 1.82) is 0 Å². The van der Waals surface area contributed by atoms with Crippen LogP contribution in [0, 0.1) is 5.92 Å². The first kappa shape index (κ1) is 26.8. The molecule has 2 amide bonds. The number of rotatable bonds is 9. The number of nitrogens with two attached hydrogens (primary N) is 1. The molecule has 2 saturated heterocycles. The Labute approximate surface area is 224 Å². The van der Waals surface area contributed by atoms with Crippen molar-refractivity contribution >= 4 is 40.7 Å². The zero-order valence-corrected chi connectivity index (χ0v) is 22.5. The summed E-state index contributed by atoms with van der Waals surface area (Å²) >= 11 is 12.5. The van der Waals surface area contributed by atoms with Crippen molar-refractivity contribution < 1.29 is 9.59 Å². The number of carbonyl (C=O) groups is 2. The number of anilines is 1. The normalized spacial score (nSPS) is 18.0. The van der Waals surface area contributed by atoms with Gasteiger partial charge in [0, 0.05) is 61.3 Å². The Bertz CT molecular complexity index is 1070. The van der Waals surface area contributed by atoms with Crippen molar-refractivity contribution in [2.45, 2.75) is 45.1 Å². The summed E-state index contributed by atoms with van der Waals surface area (Å²) in [5, 5.41) is 1.08. The van der Waals surface area contributed by atoms with Crippen LogP contribution in [0.4, 0.5) is 5.69 Å². The van der Waals surface area contributed by atoms with Gasteiger partial charge in [0.25, 0.3) is 0 Å². The van der Waals surface area contributed by atoms with E-state index in [1.807, 2.05) is 11.0 Å². The van der Waals surface area contributed by atoms with E-state index >= 15 is 0 Å².